The molecule has 24 heavy (non-hydrogen) atoms. The lowest BCUT2D eigenvalue weighted by Crippen LogP contribution is -2.19. The molecule has 0 aromatic heterocycles. The minimum atomic E-state index is -3.63. The molecular formula is C20H27NO2S. The summed E-state index contributed by atoms with van der Waals surface area (Å²) in [5.74, 6) is 0. The van der Waals surface area contributed by atoms with Gasteiger partial charge in [-0.05, 0) is 73.9 Å². The Bertz CT molecular complexity index is 819. The van der Waals surface area contributed by atoms with Crippen molar-refractivity contribution in [3.05, 3.63) is 57.6 Å². The average Bonchev–Trinajstić information content (AvgIpc) is 2.52. The van der Waals surface area contributed by atoms with Gasteiger partial charge in [-0.15, -0.1) is 0 Å². The van der Waals surface area contributed by atoms with Crippen molar-refractivity contribution < 1.29 is 8.42 Å². The molecule has 2 aromatic carbocycles. The third kappa shape index (κ3) is 3.34. The number of para-hydroxylation sites is 1. The van der Waals surface area contributed by atoms with E-state index in [0.717, 1.165) is 51.9 Å². The van der Waals surface area contributed by atoms with E-state index in [9.17, 15) is 8.42 Å². The van der Waals surface area contributed by atoms with E-state index >= 15 is 0 Å². The molecule has 1 N–H and O–H groups in total. The molecule has 0 saturated heterocycles. The molecule has 0 fully saturated rings. The van der Waals surface area contributed by atoms with Crippen LogP contribution in [0, 0.1) is 27.7 Å². The molecule has 2 aromatic rings. The number of anilines is 1. The molecule has 0 radical (unpaired) electrons. The van der Waals surface area contributed by atoms with Crippen LogP contribution in [0.5, 0.6) is 0 Å². The molecule has 3 nitrogen and oxygen atoms in total. The van der Waals surface area contributed by atoms with Gasteiger partial charge in [0.2, 0.25) is 0 Å². The van der Waals surface area contributed by atoms with Crippen LogP contribution in [0.3, 0.4) is 0 Å². The Labute approximate surface area is 146 Å². The molecule has 4 heteroatoms. The lowest BCUT2D eigenvalue weighted by molar-refractivity contribution is 0.599. The SMILES string of the molecule is CCc1cccc(CC)c1NS(=O)(=O)c1c(C)c(C)cc(C)c1C. The fourth-order valence-electron chi connectivity index (χ4n) is 3.14. The minimum absolute atomic E-state index is 0.410. The Morgan fingerprint density at radius 3 is 1.75 bits per heavy atom. The van der Waals surface area contributed by atoms with Crippen molar-refractivity contribution in [2.24, 2.45) is 0 Å². The molecular weight excluding hydrogens is 318 g/mol. The van der Waals surface area contributed by atoms with Crippen LogP contribution in [0.4, 0.5) is 5.69 Å². The number of nitrogens with one attached hydrogen (secondary N) is 1. The van der Waals surface area contributed by atoms with Crippen LogP contribution in [0.1, 0.15) is 47.2 Å². The van der Waals surface area contributed by atoms with Crippen molar-refractivity contribution in [3.63, 3.8) is 0 Å². The second kappa shape index (κ2) is 6.98. The van der Waals surface area contributed by atoms with E-state index in [-0.39, 0.29) is 0 Å². The highest BCUT2D eigenvalue weighted by Gasteiger charge is 2.23. The van der Waals surface area contributed by atoms with Crippen LogP contribution in [0.25, 0.3) is 0 Å². The normalized spacial score (nSPS) is 11.6. The van der Waals surface area contributed by atoms with Crippen molar-refractivity contribution >= 4 is 15.7 Å². The lowest BCUT2D eigenvalue weighted by Gasteiger charge is -2.19. The zero-order valence-electron chi connectivity index (χ0n) is 15.4. The van der Waals surface area contributed by atoms with Gasteiger partial charge < -0.3 is 0 Å². The molecule has 0 saturated carbocycles. The third-order valence-electron chi connectivity index (χ3n) is 4.80. The number of benzene rings is 2. The summed E-state index contributed by atoms with van der Waals surface area (Å²) in [5, 5.41) is 0. The molecule has 0 aliphatic rings. The van der Waals surface area contributed by atoms with Crippen LogP contribution < -0.4 is 4.72 Å². The van der Waals surface area contributed by atoms with E-state index < -0.39 is 10.0 Å². The first-order chi connectivity index (χ1) is 11.2. The largest absolute Gasteiger partial charge is 0.279 e. The number of rotatable bonds is 5. The quantitative estimate of drug-likeness (QED) is 0.842. The first-order valence-electron chi connectivity index (χ1n) is 8.43. The van der Waals surface area contributed by atoms with Gasteiger partial charge in [0.25, 0.3) is 10.0 Å². The molecule has 0 unspecified atom stereocenters. The Morgan fingerprint density at radius 2 is 1.33 bits per heavy atom. The van der Waals surface area contributed by atoms with Gasteiger partial charge in [0, 0.05) is 0 Å². The monoisotopic (exact) mass is 345 g/mol. The molecule has 0 bridgehead atoms. The van der Waals surface area contributed by atoms with E-state index in [1.54, 1.807) is 0 Å². The zero-order valence-corrected chi connectivity index (χ0v) is 16.3. The summed E-state index contributed by atoms with van der Waals surface area (Å²) in [5.41, 5.74) is 6.42. The summed E-state index contributed by atoms with van der Waals surface area (Å²) in [7, 11) is -3.63. The molecule has 130 valence electrons. The summed E-state index contributed by atoms with van der Waals surface area (Å²) in [6.45, 7) is 11.8. The van der Waals surface area contributed by atoms with Crippen LogP contribution in [-0.2, 0) is 22.9 Å². The first kappa shape index (κ1) is 18.5. The van der Waals surface area contributed by atoms with Gasteiger partial charge >= 0.3 is 0 Å². The van der Waals surface area contributed by atoms with E-state index in [0.29, 0.717) is 4.90 Å². The molecule has 0 atom stereocenters. The van der Waals surface area contributed by atoms with Crippen molar-refractivity contribution in [2.45, 2.75) is 59.3 Å². The van der Waals surface area contributed by atoms with Crippen LogP contribution >= 0.6 is 0 Å². The fraction of sp³-hybridized carbons (Fsp3) is 0.400. The van der Waals surface area contributed by atoms with Crippen molar-refractivity contribution in [3.8, 4) is 0 Å². The molecule has 0 spiro atoms. The van der Waals surface area contributed by atoms with Crippen molar-refractivity contribution in [1.29, 1.82) is 0 Å². The van der Waals surface area contributed by atoms with E-state index in [1.165, 1.54) is 0 Å². The molecule has 0 aliphatic carbocycles. The second-order valence-corrected chi connectivity index (χ2v) is 7.97. The van der Waals surface area contributed by atoms with Crippen LogP contribution in [0.2, 0.25) is 0 Å². The Balaban J connectivity index is 2.64. The zero-order chi connectivity index (χ0) is 18.1. The predicted octanol–water partition coefficient (Wildman–Crippen LogP) is 4.85. The maximum absolute atomic E-state index is 13.2. The summed E-state index contributed by atoms with van der Waals surface area (Å²) >= 11 is 0. The standard InChI is InChI=1S/C20H27NO2S/c1-7-17-10-9-11-18(8-2)19(17)21-24(22,23)20-15(5)13(3)12-14(4)16(20)6/h9-12,21H,7-8H2,1-6H3. The topological polar surface area (TPSA) is 46.2 Å². The van der Waals surface area contributed by atoms with Gasteiger partial charge in [-0.3, -0.25) is 4.72 Å². The van der Waals surface area contributed by atoms with Crippen LogP contribution in [-0.4, -0.2) is 8.42 Å². The lowest BCUT2D eigenvalue weighted by atomic mass is 10.0. The van der Waals surface area contributed by atoms with E-state index in [2.05, 4.69) is 4.72 Å². The van der Waals surface area contributed by atoms with Crippen LogP contribution in [0.15, 0.2) is 29.2 Å². The number of sulfonamides is 1. The van der Waals surface area contributed by atoms with Gasteiger partial charge in [-0.2, -0.15) is 0 Å². The summed E-state index contributed by atoms with van der Waals surface area (Å²) in [6.07, 6.45) is 1.58. The smallest absolute Gasteiger partial charge is 0.262 e. The Hall–Kier alpha value is -1.81. The number of aryl methyl sites for hydroxylation is 4. The van der Waals surface area contributed by atoms with Gasteiger partial charge in [0.15, 0.2) is 0 Å². The van der Waals surface area contributed by atoms with E-state index in [1.807, 2.05) is 65.8 Å². The predicted molar refractivity (Wildman–Crippen MR) is 101 cm³/mol. The highest BCUT2D eigenvalue weighted by atomic mass is 32.2. The first-order valence-corrected chi connectivity index (χ1v) is 9.92. The maximum Gasteiger partial charge on any atom is 0.262 e. The fourth-order valence-corrected chi connectivity index (χ4v) is 4.90. The van der Waals surface area contributed by atoms with E-state index in [4.69, 9.17) is 0 Å². The average molecular weight is 346 g/mol. The molecule has 0 heterocycles. The highest BCUT2D eigenvalue weighted by molar-refractivity contribution is 7.92. The van der Waals surface area contributed by atoms with Gasteiger partial charge in [-0.25, -0.2) is 8.42 Å². The summed E-state index contributed by atoms with van der Waals surface area (Å²) < 4.78 is 29.2. The summed E-state index contributed by atoms with van der Waals surface area (Å²) in [6, 6.07) is 8.00. The Morgan fingerprint density at radius 1 is 0.875 bits per heavy atom. The van der Waals surface area contributed by atoms with Gasteiger partial charge in [0.05, 0.1) is 10.6 Å². The van der Waals surface area contributed by atoms with Crippen molar-refractivity contribution in [2.75, 3.05) is 4.72 Å². The molecule has 2 rings (SSSR count). The minimum Gasteiger partial charge on any atom is -0.279 e. The number of hydrogen-bond donors (Lipinski definition) is 1. The number of hydrogen-bond acceptors (Lipinski definition) is 2. The third-order valence-corrected chi connectivity index (χ3v) is 6.42. The molecule has 0 amide bonds. The van der Waals surface area contributed by atoms with Crippen molar-refractivity contribution in [1.82, 2.24) is 0 Å². The summed E-state index contributed by atoms with van der Waals surface area (Å²) in [4.78, 5) is 0.410. The highest BCUT2D eigenvalue weighted by Crippen LogP contribution is 2.30. The maximum atomic E-state index is 13.2. The second-order valence-electron chi connectivity index (χ2n) is 6.35. The Kier molecular flexibility index (Phi) is 5.38. The van der Waals surface area contributed by atoms with Gasteiger partial charge in [0.1, 0.15) is 0 Å². The van der Waals surface area contributed by atoms with Gasteiger partial charge in [-0.1, -0.05) is 38.1 Å². The molecule has 0 aliphatic heterocycles.